The molecule has 0 bridgehead atoms. The lowest BCUT2D eigenvalue weighted by Gasteiger charge is -2.24. The van der Waals surface area contributed by atoms with Crippen molar-refractivity contribution < 1.29 is 0 Å². The molecule has 1 aromatic carbocycles. The van der Waals surface area contributed by atoms with Crippen LogP contribution in [0.4, 0.5) is 5.95 Å². The predicted molar refractivity (Wildman–Crippen MR) is 74.1 cm³/mol. The Hall–Kier alpha value is -1.75. The monoisotopic (exact) mass is 255 g/mol. The van der Waals surface area contributed by atoms with Crippen molar-refractivity contribution >= 4 is 17.0 Å². The Morgan fingerprint density at radius 1 is 1.11 bits per heavy atom. The average molecular weight is 255 g/mol. The van der Waals surface area contributed by atoms with Crippen molar-refractivity contribution in [2.45, 2.75) is 18.9 Å². The summed E-state index contributed by atoms with van der Waals surface area (Å²) in [6.07, 6.45) is 2.60. The minimum absolute atomic E-state index is 0.601. The normalized spacial score (nSPS) is 26.6. The molecule has 0 saturated carbocycles. The SMILES string of the molecule is c1ccc2nc(N3CC4CCCNC4C3)nnc2c1. The molecule has 4 rings (SSSR count). The smallest absolute Gasteiger partial charge is 0.245 e. The number of rotatable bonds is 1. The number of hydrogen-bond donors (Lipinski definition) is 1. The molecule has 0 radical (unpaired) electrons. The quantitative estimate of drug-likeness (QED) is 0.830. The molecular formula is C14H17N5. The highest BCUT2D eigenvalue weighted by Crippen LogP contribution is 2.27. The lowest BCUT2D eigenvalue weighted by molar-refractivity contribution is 0.340. The van der Waals surface area contributed by atoms with E-state index in [9.17, 15) is 0 Å². The van der Waals surface area contributed by atoms with Crippen LogP contribution in [0.5, 0.6) is 0 Å². The fraction of sp³-hybridized carbons (Fsp3) is 0.500. The fourth-order valence-electron chi connectivity index (χ4n) is 3.22. The van der Waals surface area contributed by atoms with E-state index in [0.717, 1.165) is 42.5 Å². The molecule has 2 aromatic rings. The van der Waals surface area contributed by atoms with Gasteiger partial charge in [0.1, 0.15) is 5.52 Å². The summed E-state index contributed by atoms with van der Waals surface area (Å²) < 4.78 is 0. The molecular weight excluding hydrogens is 238 g/mol. The molecule has 2 aliphatic rings. The van der Waals surface area contributed by atoms with Crippen molar-refractivity contribution in [3.63, 3.8) is 0 Å². The molecule has 2 saturated heterocycles. The van der Waals surface area contributed by atoms with Crippen molar-refractivity contribution in [1.82, 2.24) is 20.5 Å². The van der Waals surface area contributed by atoms with E-state index >= 15 is 0 Å². The van der Waals surface area contributed by atoms with Crippen molar-refractivity contribution in [3.8, 4) is 0 Å². The van der Waals surface area contributed by atoms with Crippen LogP contribution in [0.3, 0.4) is 0 Å². The van der Waals surface area contributed by atoms with Crippen molar-refractivity contribution in [2.75, 3.05) is 24.5 Å². The summed E-state index contributed by atoms with van der Waals surface area (Å²) in [6, 6.07) is 8.50. The van der Waals surface area contributed by atoms with E-state index in [1.165, 1.54) is 12.8 Å². The zero-order valence-corrected chi connectivity index (χ0v) is 10.8. The van der Waals surface area contributed by atoms with Crippen LogP contribution in [-0.2, 0) is 0 Å². The Bertz CT molecular complexity index is 585. The molecule has 2 aliphatic heterocycles. The van der Waals surface area contributed by atoms with Gasteiger partial charge in [-0.15, -0.1) is 10.2 Å². The number of anilines is 1. The predicted octanol–water partition coefficient (Wildman–Crippen LogP) is 1.21. The summed E-state index contributed by atoms with van der Waals surface area (Å²) in [6.45, 7) is 3.20. The molecule has 98 valence electrons. The van der Waals surface area contributed by atoms with Crippen LogP contribution >= 0.6 is 0 Å². The highest BCUT2D eigenvalue weighted by molar-refractivity contribution is 5.74. The second-order valence-corrected chi connectivity index (χ2v) is 5.47. The molecule has 2 atom stereocenters. The fourth-order valence-corrected chi connectivity index (χ4v) is 3.22. The highest BCUT2D eigenvalue weighted by atomic mass is 15.3. The third-order valence-electron chi connectivity index (χ3n) is 4.23. The van der Waals surface area contributed by atoms with Gasteiger partial charge in [0.25, 0.3) is 0 Å². The lowest BCUT2D eigenvalue weighted by atomic mass is 9.94. The third kappa shape index (κ3) is 1.94. The van der Waals surface area contributed by atoms with E-state index in [0.29, 0.717) is 6.04 Å². The van der Waals surface area contributed by atoms with Gasteiger partial charge in [-0.2, -0.15) is 0 Å². The number of benzene rings is 1. The number of aromatic nitrogens is 3. The van der Waals surface area contributed by atoms with Crippen LogP contribution in [0.25, 0.3) is 11.0 Å². The topological polar surface area (TPSA) is 53.9 Å². The largest absolute Gasteiger partial charge is 0.338 e. The van der Waals surface area contributed by atoms with Gasteiger partial charge in [-0.3, -0.25) is 0 Å². The Morgan fingerprint density at radius 3 is 2.89 bits per heavy atom. The van der Waals surface area contributed by atoms with Gasteiger partial charge < -0.3 is 10.2 Å². The van der Waals surface area contributed by atoms with Crippen LogP contribution in [-0.4, -0.2) is 40.9 Å². The summed E-state index contributed by atoms with van der Waals surface area (Å²) in [5.41, 5.74) is 1.79. The molecule has 1 N–H and O–H groups in total. The second-order valence-electron chi connectivity index (χ2n) is 5.47. The van der Waals surface area contributed by atoms with Crippen LogP contribution in [0.2, 0.25) is 0 Å². The van der Waals surface area contributed by atoms with Crippen molar-refractivity contribution in [1.29, 1.82) is 0 Å². The minimum Gasteiger partial charge on any atom is -0.338 e. The van der Waals surface area contributed by atoms with Gasteiger partial charge in [0.05, 0.1) is 5.52 Å². The molecule has 0 amide bonds. The van der Waals surface area contributed by atoms with E-state index in [4.69, 9.17) is 0 Å². The van der Waals surface area contributed by atoms with Crippen molar-refractivity contribution in [3.05, 3.63) is 24.3 Å². The first kappa shape index (κ1) is 11.1. The number of nitrogens with one attached hydrogen (secondary N) is 1. The molecule has 1 aromatic heterocycles. The minimum atomic E-state index is 0.601. The Labute approximate surface area is 112 Å². The first-order valence-corrected chi connectivity index (χ1v) is 6.98. The van der Waals surface area contributed by atoms with Gasteiger partial charge in [0.15, 0.2) is 0 Å². The molecule has 0 aliphatic carbocycles. The van der Waals surface area contributed by atoms with E-state index in [1.54, 1.807) is 0 Å². The Morgan fingerprint density at radius 2 is 2.00 bits per heavy atom. The number of hydrogen-bond acceptors (Lipinski definition) is 5. The summed E-state index contributed by atoms with van der Waals surface area (Å²) in [4.78, 5) is 6.91. The zero-order valence-electron chi connectivity index (χ0n) is 10.8. The summed E-state index contributed by atoms with van der Waals surface area (Å²) in [7, 11) is 0. The van der Waals surface area contributed by atoms with E-state index in [1.807, 2.05) is 24.3 Å². The van der Waals surface area contributed by atoms with Gasteiger partial charge in [-0.25, -0.2) is 4.98 Å². The van der Waals surface area contributed by atoms with Crippen LogP contribution in [0.15, 0.2) is 24.3 Å². The second kappa shape index (κ2) is 4.42. The van der Waals surface area contributed by atoms with E-state index in [2.05, 4.69) is 25.4 Å². The molecule has 19 heavy (non-hydrogen) atoms. The Kier molecular flexibility index (Phi) is 2.58. The maximum absolute atomic E-state index is 4.64. The van der Waals surface area contributed by atoms with Gasteiger partial charge in [-0.1, -0.05) is 12.1 Å². The van der Waals surface area contributed by atoms with Gasteiger partial charge in [-0.05, 0) is 37.4 Å². The maximum Gasteiger partial charge on any atom is 0.245 e. The molecule has 2 fully saturated rings. The van der Waals surface area contributed by atoms with Crippen molar-refractivity contribution in [2.24, 2.45) is 5.92 Å². The summed E-state index contributed by atoms with van der Waals surface area (Å²) in [5.74, 6) is 1.51. The highest BCUT2D eigenvalue weighted by Gasteiger charge is 2.35. The Balaban J connectivity index is 1.64. The number of fused-ring (bicyclic) bond motifs is 2. The lowest BCUT2D eigenvalue weighted by Crippen LogP contribution is -2.40. The van der Waals surface area contributed by atoms with Gasteiger partial charge >= 0.3 is 0 Å². The van der Waals surface area contributed by atoms with Crippen LogP contribution < -0.4 is 10.2 Å². The van der Waals surface area contributed by atoms with E-state index in [-0.39, 0.29) is 0 Å². The van der Waals surface area contributed by atoms with E-state index < -0.39 is 0 Å². The molecule has 5 nitrogen and oxygen atoms in total. The average Bonchev–Trinajstić information content (AvgIpc) is 2.90. The molecule has 0 spiro atoms. The number of para-hydroxylation sites is 1. The first-order chi connectivity index (χ1) is 9.40. The summed E-state index contributed by atoms with van der Waals surface area (Å²) >= 11 is 0. The number of nitrogens with zero attached hydrogens (tertiary/aromatic N) is 4. The molecule has 5 heteroatoms. The maximum atomic E-state index is 4.64. The number of piperidine rings is 1. The standard InChI is InChI=1S/C14H17N5/c1-2-6-12-11(5-1)16-14(18-17-12)19-8-10-4-3-7-15-13(10)9-19/h1-2,5-6,10,13,15H,3-4,7-9H2. The van der Waals surface area contributed by atoms with Gasteiger partial charge in [0.2, 0.25) is 5.95 Å². The zero-order chi connectivity index (χ0) is 12.7. The van der Waals surface area contributed by atoms with Crippen LogP contribution in [0.1, 0.15) is 12.8 Å². The van der Waals surface area contributed by atoms with Crippen LogP contribution in [0, 0.1) is 5.92 Å². The molecule has 3 heterocycles. The third-order valence-corrected chi connectivity index (χ3v) is 4.23. The van der Waals surface area contributed by atoms with Gasteiger partial charge in [0, 0.05) is 19.1 Å². The molecule has 2 unspecified atom stereocenters. The first-order valence-electron chi connectivity index (χ1n) is 6.98. The summed E-state index contributed by atoms with van der Waals surface area (Å²) in [5, 5.41) is 12.2.